The van der Waals surface area contributed by atoms with Gasteiger partial charge in [-0.05, 0) is 49.9 Å². The second kappa shape index (κ2) is 11.3. The van der Waals surface area contributed by atoms with Gasteiger partial charge in [0.1, 0.15) is 0 Å². The summed E-state index contributed by atoms with van der Waals surface area (Å²) in [6.07, 6.45) is 0. The Bertz CT molecular complexity index is 526. The fourth-order valence-electron chi connectivity index (χ4n) is 2.93. The molecule has 0 aromatic heterocycles. The van der Waals surface area contributed by atoms with E-state index in [2.05, 4.69) is 69.0 Å². The van der Waals surface area contributed by atoms with Crippen LogP contribution in [0.25, 0.3) is 0 Å². The molecule has 0 aliphatic rings. The van der Waals surface area contributed by atoms with Crippen LogP contribution < -0.4 is 44.6 Å². The maximum Gasteiger partial charge on any atom is 2.00 e. The Morgan fingerprint density at radius 1 is 0.739 bits per heavy atom. The summed E-state index contributed by atoms with van der Waals surface area (Å²) in [6.45, 7) is 10.1. The first-order chi connectivity index (χ1) is 9.56. The molecule has 2 N–H and O–H groups in total. The van der Waals surface area contributed by atoms with Crippen LogP contribution in [0.5, 0.6) is 0 Å². The molecule has 5 heteroatoms. The number of halogens is 2. The third-order valence-electron chi connectivity index (χ3n) is 3.77. The summed E-state index contributed by atoms with van der Waals surface area (Å²) in [7, 11) is 0. The largest absolute Gasteiger partial charge is 2.00 e. The molecule has 0 amide bonds. The van der Waals surface area contributed by atoms with Crippen LogP contribution in [0.2, 0.25) is 0 Å². The van der Waals surface area contributed by atoms with Crippen molar-refractivity contribution in [1.29, 1.82) is 0 Å². The van der Waals surface area contributed by atoms with Gasteiger partial charge in [0.05, 0.1) is 0 Å². The molecular formula is C18H24Br2N2Ni. The summed E-state index contributed by atoms with van der Waals surface area (Å²) in [6, 6.07) is 12.9. The van der Waals surface area contributed by atoms with Gasteiger partial charge in [0.25, 0.3) is 0 Å². The third kappa shape index (κ3) is 5.60. The normalized spacial score (nSPS) is 9.26. The smallest absolute Gasteiger partial charge is 1.00 e. The zero-order valence-corrected chi connectivity index (χ0v) is 18.1. The summed E-state index contributed by atoms with van der Waals surface area (Å²) < 4.78 is 0. The summed E-state index contributed by atoms with van der Waals surface area (Å²) in [5, 5.41) is 0. The molecule has 0 heterocycles. The van der Waals surface area contributed by atoms with Crippen LogP contribution in [0, 0.1) is 27.7 Å². The van der Waals surface area contributed by atoms with Crippen molar-refractivity contribution in [1.82, 2.24) is 0 Å². The van der Waals surface area contributed by atoms with Crippen LogP contribution in [-0.2, 0) is 16.5 Å². The van der Waals surface area contributed by atoms with Gasteiger partial charge in [0.2, 0.25) is 0 Å². The van der Waals surface area contributed by atoms with Crippen molar-refractivity contribution in [2.24, 2.45) is 5.73 Å². The van der Waals surface area contributed by atoms with E-state index in [4.69, 9.17) is 5.73 Å². The van der Waals surface area contributed by atoms with E-state index in [9.17, 15) is 0 Å². The Labute approximate surface area is 171 Å². The van der Waals surface area contributed by atoms with Crippen LogP contribution in [0.4, 0.5) is 11.4 Å². The monoisotopic (exact) mass is 484 g/mol. The van der Waals surface area contributed by atoms with Crippen molar-refractivity contribution in [3.8, 4) is 0 Å². The second-order valence-corrected chi connectivity index (χ2v) is 5.42. The van der Waals surface area contributed by atoms with E-state index in [0.29, 0.717) is 6.54 Å². The molecule has 0 unspecified atom stereocenters. The molecule has 2 rings (SSSR count). The first-order valence-electron chi connectivity index (χ1n) is 7.16. The van der Waals surface area contributed by atoms with Gasteiger partial charge in [-0.15, -0.1) is 0 Å². The number of hydrogen-bond donors (Lipinski definition) is 1. The standard InChI is InChI=1S/C18H24N2.2BrH.Ni/c1-13-7-5-8-14(2)17(13)20(12-11-19)18-15(3)9-6-10-16(18)4;;;/h5-10H,11-12,19H2,1-4H3;2*1H;/q;;;+2/p-2. The van der Waals surface area contributed by atoms with E-state index >= 15 is 0 Å². The fraction of sp³-hybridized carbons (Fsp3) is 0.333. The Hall–Kier alpha value is -0.346. The number of nitrogens with two attached hydrogens (primary N) is 1. The molecule has 23 heavy (non-hydrogen) atoms. The van der Waals surface area contributed by atoms with Crippen LogP contribution in [0.1, 0.15) is 22.3 Å². The van der Waals surface area contributed by atoms with Gasteiger partial charge in [0.15, 0.2) is 0 Å². The average molecular weight is 487 g/mol. The van der Waals surface area contributed by atoms with Gasteiger partial charge in [-0.25, -0.2) is 0 Å². The van der Waals surface area contributed by atoms with Crippen LogP contribution in [0.15, 0.2) is 36.4 Å². The molecular weight excluding hydrogens is 463 g/mol. The summed E-state index contributed by atoms with van der Waals surface area (Å²) in [5.74, 6) is 0. The number of hydrogen-bond acceptors (Lipinski definition) is 2. The first-order valence-corrected chi connectivity index (χ1v) is 7.16. The fourth-order valence-corrected chi connectivity index (χ4v) is 2.93. The maximum absolute atomic E-state index is 5.86. The van der Waals surface area contributed by atoms with E-state index < -0.39 is 0 Å². The molecule has 0 aliphatic carbocycles. The average Bonchev–Trinajstić information content (AvgIpc) is 2.38. The zero-order valence-electron chi connectivity index (χ0n) is 14.0. The molecule has 0 aliphatic heterocycles. The molecule has 0 radical (unpaired) electrons. The van der Waals surface area contributed by atoms with Crippen molar-refractivity contribution in [3.05, 3.63) is 58.7 Å². The Morgan fingerprint density at radius 3 is 1.30 bits per heavy atom. The minimum Gasteiger partial charge on any atom is -1.00 e. The molecule has 0 atom stereocenters. The van der Waals surface area contributed by atoms with E-state index in [-0.39, 0.29) is 50.5 Å². The predicted octanol–water partition coefficient (Wildman–Crippen LogP) is -1.98. The number of aryl methyl sites for hydroxylation is 4. The molecule has 0 bridgehead atoms. The van der Waals surface area contributed by atoms with E-state index in [1.807, 2.05) is 0 Å². The zero-order chi connectivity index (χ0) is 14.7. The number of anilines is 2. The molecule has 0 spiro atoms. The van der Waals surface area contributed by atoms with E-state index in [1.165, 1.54) is 33.6 Å². The van der Waals surface area contributed by atoms with Gasteiger partial charge < -0.3 is 44.6 Å². The molecule has 0 saturated carbocycles. The van der Waals surface area contributed by atoms with Gasteiger partial charge in [0, 0.05) is 24.5 Å². The van der Waals surface area contributed by atoms with Gasteiger partial charge in [-0.1, -0.05) is 36.4 Å². The quantitative estimate of drug-likeness (QED) is 0.508. The summed E-state index contributed by atoms with van der Waals surface area (Å²) >= 11 is 0. The van der Waals surface area contributed by atoms with Gasteiger partial charge >= 0.3 is 16.5 Å². The SMILES string of the molecule is Cc1cccc(C)c1N(CCN)c1c(C)cccc1C.[Br-].[Br-].[Ni+2]. The number of rotatable bonds is 4. The van der Waals surface area contributed by atoms with Crippen LogP contribution in [-0.4, -0.2) is 13.1 Å². The minimum atomic E-state index is 0. The first kappa shape index (κ1) is 24.9. The third-order valence-corrected chi connectivity index (χ3v) is 3.77. The minimum absolute atomic E-state index is 0. The van der Waals surface area contributed by atoms with Crippen LogP contribution >= 0.6 is 0 Å². The van der Waals surface area contributed by atoms with Crippen molar-refractivity contribution >= 4 is 11.4 Å². The Kier molecular flexibility index (Phi) is 12.2. The van der Waals surface area contributed by atoms with Gasteiger partial charge in [-0.2, -0.15) is 0 Å². The second-order valence-electron chi connectivity index (χ2n) is 5.42. The van der Waals surface area contributed by atoms with Gasteiger partial charge in [-0.3, -0.25) is 0 Å². The summed E-state index contributed by atoms with van der Waals surface area (Å²) in [5.41, 5.74) is 13.6. The molecule has 2 aromatic rings. The molecule has 2 aromatic carbocycles. The topological polar surface area (TPSA) is 29.3 Å². The molecule has 2 nitrogen and oxygen atoms in total. The molecule has 0 saturated heterocycles. The Morgan fingerprint density at radius 2 is 1.04 bits per heavy atom. The van der Waals surface area contributed by atoms with Crippen molar-refractivity contribution in [2.75, 3.05) is 18.0 Å². The Balaban J connectivity index is 0. The van der Waals surface area contributed by atoms with E-state index in [0.717, 1.165) is 6.54 Å². The predicted molar refractivity (Wildman–Crippen MR) is 87.9 cm³/mol. The maximum atomic E-state index is 5.86. The molecule has 0 fully saturated rings. The number of benzene rings is 2. The van der Waals surface area contributed by atoms with Crippen LogP contribution in [0.3, 0.4) is 0 Å². The summed E-state index contributed by atoms with van der Waals surface area (Å²) in [4.78, 5) is 2.37. The van der Waals surface area contributed by atoms with Crippen molar-refractivity contribution in [3.63, 3.8) is 0 Å². The molecule has 130 valence electrons. The van der Waals surface area contributed by atoms with E-state index in [1.54, 1.807) is 0 Å². The van der Waals surface area contributed by atoms with Crippen molar-refractivity contribution in [2.45, 2.75) is 27.7 Å². The number of nitrogens with zero attached hydrogens (tertiary/aromatic N) is 1. The number of para-hydroxylation sites is 2. The van der Waals surface area contributed by atoms with Crippen molar-refractivity contribution < 1.29 is 50.5 Å².